The van der Waals surface area contributed by atoms with Crippen molar-refractivity contribution in [2.24, 2.45) is 0 Å². The van der Waals surface area contributed by atoms with Gasteiger partial charge in [0, 0.05) is 12.8 Å². The van der Waals surface area contributed by atoms with Gasteiger partial charge in [0.15, 0.2) is 6.10 Å². The van der Waals surface area contributed by atoms with Crippen molar-refractivity contribution in [3.05, 3.63) is 60.8 Å². The van der Waals surface area contributed by atoms with E-state index in [4.69, 9.17) is 18.5 Å². The number of phosphoric ester groups is 1. The number of aliphatic hydroxyl groups is 1. The van der Waals surface area contributed by atoms with Gasteiger partial charge in [0.05, 0.1) is 33.9 Å². The summed E-state index contributed by atoms with van der Waals surface area (Å²) in [6.07, 6.45) is 38.7. The van der Waals surface area contributed by atoms with E-state index < -0.39 is 38.6 Å². The quantitative estimate of drug-likeness (QED) is 0.0158. The first-order chi connectivity index (χ1) is 26.4. The summed E-state index contributed by atoms with van der Waals surface area (Å²) < 4.78 is 34.1. The van der Waals surface area contributed by atoms with Crippen molar-refractivity contribution < 1.29 is 47.2 Å². The number of aliphatic hydroxyl groups excluding tert-OH is 1. The van der Waals surface area contributed by atoms with Gasteiger partial charge >= 0.3 is 19.8 Å². The van der Waals surface area contributed by atoms with Crippen LogP contribution in [-0.2, 0) is 32.7 Å². The van der Waals surface area contributed by atoms with E-state index in [2.05, 4.69) is 50.3 Å². The van der Waals surface area contributed by atoms with Crippen molar-refractivity contribution in [2.45, 2.75) is 161 Å². The van der Waals surface area contributed by atoms with Crippen LogP contribution in [-0.4, -0.2) is 86.1 Å². The van der Waals surface area contributed by atoms with E-state index in [1.54, 1.807) is 12.2 Å². The van der Waals surface area contributed by atoms with Gasteiger partial charge in [0.25, 0.3) is 0 Å². The first kappa shape index (κ1) is 52.7. The van der Waals surface area contributed by atoms with Crippen molar-refractivity contribution in [3.8, 4) is 0 Å². The Morgan fingerprint density at radius 1 is 0.655 bits per heavy atom. The lowest BCUT2D eigenvalue weighted by Gasteiger charge is -2.24. The number of unbranched alkanes of at least 4 members (excludes halogenated alkanes) is 12. The summed E-state index contributed by atoms with van der Waals surface area (Å²) in [4.78, 5) is 35.3. The summed E-state index contributed by atoms with van der Waals surface area (Å²) >= 11 is 0. The van der Waals surface area contributed by atoms with Gasteiger partial charge in [-0.15, -0.1) is 0 Å². The molecule has 0 aromatic rings. The molecule has 0 aliphatic carbocycles. The van der Waals surface area contributed by atoms with E-state index in [0.717, 1.165) is 57.8 Å². The number of allylic oxidation sites excluding steroid dienone is 9. The molecule has 55 heavy (non-hydrogen) atoms. The van der Waals surface area contributed by atoms with E-state index in [1.165, 1.54) is 44.9 Å². The lowest BCUT2D eigenvalue weighted by Crippen LogP contribution is -2.37. The Morgan fingerprint density at radius 2 is 1.20 bits per heavy atom. The Kier molecular flexibility index (Phi) is 34.5. The normalized spacial score (nSPS) is 14.8. The highest BCUT2D eigenvalue weighted by molar-refractivity contribution is 7.47. The second kappa shape index (κ2) is 36.0. The molecule has 3 atom stereocenters. The molecule has 0 aliphatic heterocycles. The molecule has 0 fully saturated rings. The number of quaternary nitrogens is 1. The highest BCUT2D eigenvalue weighted by Gasteiger charge is 2.27. The number of carbonyl (C=O) groups is 2. The molecule has 0 spiro atoms. The topological polar surface area (TPSA) is 129 Å². The number of likely N-dealkylation sites (N-methyl/N-ethyl adjacent to an activating group) is 1. The van der Waals surface area contributed by atoms with Gasteiger partial charge in [0.2, 0.25) is 0 Å². The summed E-state index contributed by atoms with van der Waals surface area (Å²) in [5, 5.41) is 10.3. The first-order valence-corrected chi connectivity index (χ1v) is 22.6. The Labute approximate surface area is 335 Å². The van der Waals surface area contributed by atoms with Gasteiger partial charge in [-0.3, -0.25) is 18.6 Å². The number of phosphoric acid groups is 1. The Bertz CT molecular complexity index is 1140. The second-order valence-electron chi connectivity index (χ2n) is 15.2. The third-order valence-electron chi connectivity index (χ3n) is 8.62. The van der Waals surface area contributed by atoms with Crippen LogP contribution in [0.25, 0.3) is 0 Å². The van der Waals surface area contributed by atoms with Crippen LogP contribution in [0, 0.1) is 0 Å². The van der Waals surface area contributed by atoms with Crippen LogP contribution in [0.2, 0.25) is 0 Å². The van der Waals surface area contributed by atoms with Gasteiger partial charge in [-0.2, -0.15) is 0 Å². The highest BCUT2D eigenvalue weighted by Crippen LogP contribution is 2.43. The number of nitrogens with zero attached hydrogens (tertiary/aromatic N) is 1. The summed E-state index contributed by atoms with van der Waals surface area (Å²) in [6.45, 7) is 4.12. The summed E-state index contributed by atoms with van der Waals surface area (Å²) in [7, 11) is 1.36. The summed E-state index contributed by atoms with van der Waals surface area (Å²) in [5.74, 6) is -1.02. The number of hydrogen-bond donors (Lipinski definition) is 2. The fourth-order valence-corrected chi connectivity index (χ4v) is 5.97. The number of carbonyl (C=O) groups excluding carboxylic acids is 2. The minimum absolute atomic E-state index is 0.00190. The molecule has 10 nitrogen and oxygen atoms in total. The third kappa shape index (κ3) is 39.7. The summed E-state index contributed by atoms with van der Waals surface area (Å²) in [5.41, 5.74) is 0. The molecule has 0 heterocycles. The zero-order valence-corrected chi connectivity index (χ0v) is 36.1. The second-order valence-corrected chi connectivity index (χ2v) is 16.7. The molecule has 0 radical (unpaired) electrons. The van der Waals surface area contributed by atoms with Gasteiger partial charge < -0.3 is 24.0 Å². The maximum atomic E-state index is 12.7. The predicted molar refractivity (Wildman–Crippen MR) is 225 cm³/mol. The zero-order valence-electron chi connectivity index (χ0n) is 35.3. The molecule has 318 valence electrons. The molecule has 0 aromatic heterocycles. The van der Waals surface area contributed by atoms with E-state index >= 15 is 0 Å². The van der Waals surface area contributed by atoms with Crippen LogP contribution in [0.15, 0.2) is 60.8 Å². The van der Waals surface area contributed by atoms with E-state index in [-0.39, 0.29) is 26.1 Å². The maximum absolute atomic E-state index is 12.7. The molecule has 0 aliphatic rings. The predicted octanol–water partition coefficient (Wildman–Crippen LogP) is 10.7. The van der Waals surface area contributed by atoms with Crippen molar-refractivity contribution >= 4 is 19.8 Å². The average Bonchev–Trinajstić information content (AvgIpc) is 3.12. The van der Waals surface area contributed by atoms with Gasteiger partial charge in [-0.1, -0.05) is 126 Å². The molecule has 1 unspecified atom stereocenters. The van der Waals surface area contributed by atoms with E-state index in [1.807, 2.05) is 33.3 Å². The van der Waals surface area contributed by atoms with Gasteiger partial charge in [-0.05, 0) is 70.6 Å². The van der Waals surface area contributed by atoms with E-state index in [9.17, 15) is 24.2 Å². The number of esters is 2. The minimum Gasteiger partial charge on any atom is -0.462 e. The summed E-state index contributed by atoms with van der Waals surface area (Å²) in [6, 6.07) is 0. The SMILES string of the molecule is CCCCC/C=C\C/C=C\C/C=C\C=C\[C@@H](O)CCCC(=O)OC[C@H](COP(=O)(O)OCC[N+](C)(C)C)OC(=O)CCCCCCC/C=C\CCCCCC. The van der Waals surface area contributed by atoms with Crippen LogP contribution < -0.4 is 0 Å². The van der Waals surface area contributed by atoms with E-state index in [0.29, 0.717) is 30.3 Å². The Hall–Kier alpha value is -2.33. The van der Waals surface area contributed by atoms with Crippen molar-refractivity contribution in [2.75, 3.05) is 47.5 Å². The fourth-order valence-electron chi connectivity index (χ4n) is 5.23. The maximum Gasteiger partial charge on any atom is 0.472 e. The Morgan fingerprint density at radius 3 is 1.87 bits per heavy atom. The molecule has 11 heteroatoms. The molecule has 0 amide bonds. The lowest BCUT2D eigenvalue weighted by atomic mass is 10.1. The molecule has 0 bridgehead atoms. The first-order valence-electron chi connectivity index (χ1n) is 21.1. The third-order valence-corrected chi connectivity index (χ3v) is 9.61. The molecule has 2 N–H and O–H groups in total. The number of ether oxygens (including phenoxy) is 2. The lowest BCUT2D eigenvalue weighted by molar-refractivity contribution is -0.870. The number of hydrogen-bond acceptors (Lipinski definition) is 8. The van der Waals surface area contributed by atoms with Crippen LogP contribution >= 0.6 is 7.82 Å². The molecule has 0 aromatic carbocycles. The fraction of sp³-hybridized carbons (Fsp3) is 0.727. The van der Waals surface area contributed by atoms with Crippen molar-refractivity contribution in [1.82, 2.24) is 0 Å². The van der Waals surface area contributed by atoms with Crippen molar-refractivity contribution in [3.63, 3.8) is 0 Å². The highest BCUT2D eigenvalue weighted by atomic mass is 31.2. The van der Waals surface area contributed by atoms with Crippen LogP contribution in [0.4, 0.5) is 0 Å². The molecule has 0 saturated heterocycles. The average molecular weight is 797 g/mol. The van der Waals surface area contributed by atoms with Crippen LogP contribution in [0.1, 0.15) is 149 Å². The Balaban J connectivity index is 4.61. The standard InChI is InChI=1S/C44H78NO9P/c1-6-8-10-12-14-16-18-20-22-24-26-28-30-33-41(46)34-32-36-43(47)51-39-42(40-53-55(49,50)52-38-37-45(3,4)5)54-44(48)35-31-29-27-25-23-21-19-17-15-13-11-9-7-2/h14,16-17,19-20,22,26,28,30,33,41-42,46H,6-13,15,18,21,23-25,27,29,31-32,34-40H2,1-5H3/p+1/b16-14-,19-17-,22-20-,28-26-,33-30+/t41-,42-/m1/s1. The monoisotopic (exact) mass is 797 g/mol. The molecular formula is C44H79NO9P+. The van der Waals surface area contributed by atoms with Gasteiger partial charge in [0.1, 0.15) is 19.8 Å². The van der Waals surface area contributed by atoms with Crippen LogP contribution in [0.5, 0.6) is 0 Å². The number of rotatable bonds is 37. The van der Waals surface area contributed by atoms with Crippen molar-refractivity contribution in [1.29, 1.82) is 0 Å². The zero-order chi connectivity index (χ0) is 40.9. The van der Waals surface area contributed by atoms with Crippen LogP contribution in [0.3, 0.4) is 0 Å². The van der Waals surface area contributed by atoms with Gasteiger partial charge in [-0.25, -0.2) is 4.57 Å². The smallest absolute Gasteiger partial charge is 0.462 e. The molecular weight excluding hydrogens is 717 g/mol. The molecule has 0 rings (SSSR count). The molecule has 0 saturated carbocycles. The largest absolute Gasteiger partial charge is 0.472 e. The minimum atomic E-state index is -4.42.